The molecule has 1 fully saturated rings. The predicted molar refractivity (Wildman–Crippen MR) is 118 cm³/mol. The third-order valence-electron chi connectivity index (χ3n) is 6.12. The van der Waals surface area contributed by atoms with Crippen LogP contribution in [0.1, 0.15) is 47.8 Å². The van der Waals surface area contributed by atoms with Crippen LogP contribution in [0.4, 0.5) is 4.39 Å². The predicted octanol–water partition coefficient (Wildman–Crippen LogP) is 4.55. The topological polar surface area (TPSA) is 90.0 Å². The smallest absolute Gasteiger partial charge is 0.264 e. The highest BCUT2D eigenvalue weighted by Crippen LogP contribution is 2.35. The summed E-state index contributed by atoms with van der Waals surface area (Å²) in [5.41, 5.74) is 1.29. The fourth-order valence-electron chi connectivity index (χ4n) is 4.64. The summed E-state index contributed by atoms with van der Waals surface area (Å²) in [5, 5.41) is 8.70. The molecule has 9 heteroatoms. The monoisotopic (exact) mass is 454 g/mol. The minimum atomic E-state index is -0.636. The van der Waals surface area contributed by atoms with Crippen LogP contribution in [0.25, 0.3) is 21.8 Å². The third kappa shape index (κ3) is 3.44. The zero-order chi connectivity index (χ0) is 22.4. The second-order valence-electron chi connectivity index (χ2n) is 8.13. The number of benzene rings is 1. The van der Waals surface area contributed by atoms with Gasteiger partial charge in [0.1, 0.15) is 16.7 Å². The number of rotatable bonds is 3. The lowest BCUT2D eigenvalue weighted by Gasteiger charge is -2.32. The molecule has 0 spiro atoms. The van der Waals surface area contributed by atoms with Crippen molar-refractivity contribution in [3.8, 4) is 0 Å². The Morgan fingerprint density at radius 1 is 1.25 bits per heavy atom. The van der Waals surface area contributed by atoms with Crippen LogP contribution in [0.15, 0.2) is 45.8 Å². The van der Waals surface area contributed by atoms with Crippen molar-refractivity contribution in [2.45, 2.75) is 44.7 Å². The van der Waals surface area contributed by atoms with Crippen molar-refractivity contribution in [1.29, 1.82) is 0 Å². The van der Waals surface area contributed by atoms with Gasteiger partial charge in [0, 0.05) is 23.7 Å². The molecule has 4 aromatic rings. The van der Waals surface area contributed by atoms with Crippen LogP contribution in [0.2, 0.25) is 5.02 Å². The van der Waals surface area contributed by atoms with Crippen molar-refractivity contribution in [3.63, 3.8) is 0 Å². The van der Waals surface area contributed by atoms with E-state index in [-0.39, 0.29) is 23.6 Å². The molecule has 1 N–H and O–H groups in total. The van der Waals surface area contributed by atoms with Crippen LogP contribution >= 0.6 is 11.6 Å². The standard InChI is InChI=1S/C23H20ClFN4O3/c1-12-19-21(28-32-12)20-16(24)6-3-7-17(20)29(23(19)31)15-5-2-4-14(10-15)27-22(30)13-8-9-18(25)26-11-13/h3,6-9,11,14-15H,2,4-5,10H2,1H3,(H,27,30). The van der Waals surface area contributed by atoms with Gasteiger partial charge in [-0.25, -0.2) is 4.98 Å². The highest BCUT2D eigenvalue weighted by atomic mass is 35.5. The number of nitrogens with one attached hydrogen (secondary N) is 1. The Kier molecular flexibility index (Phi) is 5.17. The van der Waals surface area contributed by atoms with Gasteiger partial charge in [0.15, 0.2) is 0 Å². The maximum absolute atomic E-state index is 13.5. The van der Waals surface area contributed by atoms with Crippen LogP contribution < -0.4 is 10.9 Å². The van der Waals surface area contributed by atoms with Gasteiger partial charge in [0.2, 0.25) is 5.95 Å². The first-order valence-corrected chi connectivity index (χ1v) is 10.8. The number of fused-ring (bicyclic) bond motifs is 3. The number of aryl methyl sites for hydroxylation is 1. The number of carbonyl (C=O) groups excluding carboxylic acids is 1. The first-order valence-electron chi connectivity index (χ1n) is 10.4. The van der Waals surface area contributed by atoms with Gasteiger partial charge in [0.25, 0.3) is 11.5 Å². The molecule has 0 radical (unpaired) electrons. The van der Waals surface area contributed by atoms with Crippen molar-refractivity contribution in [2.75, 3.05) is 0 Å². The van der Waals surface area contributed by atoms with E-state index in [1.807, 2.05) is 12.1 Å². The Morgan fingerprint density at radius 2 is 2.09 bits per heavy atom. The van der Waals surface area contributed by atoms with E-state index in [2.05, 4.69) is 15.5 Å². The second kappa shape index (κ2) is 8.02. The number of halogens is 2. The van der Waals surface area contributed by atoms with Gasteiger partial charge in [-0.05, 0) is 56.9 Å². The lowest BCUT2D eigenvalue weighted by molar-refractivity contribution is 0.0920. The molecule has 3 aromatic heterocycles. The summed E-state index contributed by atoms with van der Waals surface area (Å²) in [6, 6.07) is 7.73. The Labute approximate surface area is 187 Å². The zero-order valence-corrected chi connectivity index (χ0v) is 18.0. The molecule has 2 atom stereocenters. The molecule has 1 aliphatic rings. The third-order valence-corrected chi connectivity index (χ3v) is 6.43. The fourth-order valence-corrected chi connectivity index (χ4v) is 4.90. The van der Waals surface area contributed by atoms with Crippen LogP contribution in [0, 0.1) is 12.9 Å². The lowest BCUT2D eigenvalue weighted by Crippen LogP contribution is -2.40. The first-order chi connectivity index (χ1) is 15.4. The lowest BCUT2D eigenvalue weighted by atomic mass is 9.90. The molecule has 0 saturated heterocycles. The van der Waals surface area contributed by atoms with Crippen molar-refractivity contribution in [3.05, 3.63) is 69.2 Å². The van der Waals surface area contributed by atoms with E-state index in [0.29, 0.717) is 44.6 Å². The van der Waals surface area contributed by atoms with Crippen molar-refractivity contribution in [1.82, 2.24) is 20.0 Å². The molecule has 2 unspecified atom stereocenters. The van der Waals surface area contributed by atoms with Crippen molar-refractivity contribution >= 4 is 39.3 Å². The van der Waals surface area contributed by atoms with E-state index in [4.69, 9.17) is 16.1 Å². The minimum absolute atomic E-state index is 0.132. The number of nitrogens with zero attached hydrogens (tertiary/aromatic N) is 3. The first kappa shape index (κ1) is 20.6. The Bertz CT molecular complexity index is 1400. The Balaban J connectivity index is 1.52. The van der Waals surface area contributed by atoms with Crippen LogP contribution in [0.3, 0.4) is 0 Å². The maximum Gasteiger partial charge on any atom is 0.264 e. The van der Waals surface area contributed by atoms with Gasteiger partial charge in [-0.15, -0.1) is 0 Å². The van der Waals surface area contributed by atoms with Crippen molar-refractivity contribution < 1.29 is 13.7 Å². The van der Waals surface area contributed by atoms with E-state index in [1.54, 1.807) is 17.6 Å². The SMILES string of the molecule is Cc1onc2c1c(=O)n(C1CCCC(NC(=O)c3ccc(F)nc3)C1)c1cccc(Cl)c21. The van der Waals surface area contributed by atoms with Gasteiger partial charge in [0.05, 0.1) is 16.1 Å². The van der Waals surface area contributed by atoms with Crippen LogP contribution in [0.5, 0.6) is 0 Å². The number of pyridine rings is 2. The van der Waals surface area contributed by atoms with Crippen LogP contribution in [-0.4, -0.2) is 26.7 Å². The molecular weight excluding hydrogens is 435 g/mol. The highest BCUT2D eigenvalue weighted by molar-refractivity contribution is 6.37. The molecule has 0 bridgehead atoms. The molecule has 7 nitrogen and oxygen atoms in total. The molecule has 164 valence electrons. The number of aromatic nitrogens is 3. The maximum atomic E-state index is 13.5. The Morgan fingerprint density at radius 3 is 2.88 bits per heavy atom. The van der Waals surface area contributed by atoms with Gasteiger partial charge in [-0.3, -0.25) is 9.59 Å². The molecule has 32 heavy (non-hydrogen) atoms. The molecule has 1 amide bonds. The van der Waals surface area contributed by atoms with Gasteiger partial charge >= 0.3 is 0 Å². The molecular formula is C23H20ClFN4O3. The molecule has 1 aliphatic carbocycles. The highest BCUT2D eigenvalue weighted by Gasteiger charge is 2.29. The summed E-state index contributed by atoms with van der Waals surface area (Å²) < 4.78 is 20.2. The molecule has 0 aliphatic heterocycles. The van der Waals surface area contributed by atoms with E-state index in [1.165, 1.54) is 12.3 Å². The number of amides is 1. The number of carbonyl (C=O) groups is 1. The van der Waals surface area contributed by atoms with Gasteiger partial charge in [-0.1, -0.05) is 22.8 Å². The zero-order valence-electron chi connectivity index (χ0n) is 17.3. The molecule has 3 heterocycles. The van der Waals surface area contributed by atoms with Crippen molar-refractivity contribution in [2.24, 2.45) is 0 Å². The van der Waals surface area contributed by atoms with Gasteiger partial charge < -0.3 is 14.4 Å². The number of hydrogen-bond donors (Lipinski definition) is 1. The summed E-state index contributed by atoms with van der Waals surface area (Å²) in [5.74, 6) is -0.498. The molecule has 1 saturated carbocycles. The quantitative estimate of drug-likeness (QED) is 0.458. The molecule has 5 rings (SSSR count). The van der Waals surface area contributed by atoms with E-state index in [0.717, 1.165) is 25.3 Å². The summed E-state index contributed by atoms with van der Waals surface area (Å²) >= 11 is 6.50. The van der Waals surface area contributed by atoms with E-state index in [9.17, 15) is 14.0 Å². The van der Waals surface area contributed by atoms with Crippen LogP contribution in [-0.2, 0) is 0 Å². The summed E-state index contributed by atoms with van der Waals surface area (Å²) in [6.45, 7) is 1.71. The number of hydrogen-bond acceptors (Lipinski definition) is 5. The normalized spacial score (nSPS) is 18.8. The van der Waals surface area contributed by atoms with Gasteiger partial charge in [-0.2, -0.15) is 4.39 Å². The molecule has 1 aromatic carbocycles. The van der Waals surface area contributed by atoms with E-state index < -0.39 is 5.95 Å². The average Bonchev–Trinajstić information content (AvgIpc) is 3.16. The minimum Gasteiger partial charge on any atom is -0.360 e. The summed E-state index contributed by atoms with van der Waals surface area (Å²) in [7, 11) is 0. The second-order valence-corrected chi connectivity index (χ2v) is 8.54. The summed E-state index contributed by atoms with van der Waals surface area (Å²) in [4.78, 5) is 29.6. The summed E-state index contributed by atoms with van der Waals surface area (Å²) in [6.07, 6.45) is 4.22. The average molecular weight is 455 g/mol. The largest absolute Gasteiger partial charge is 0.360 e. The Hall–Kier alpha value is -3.26. The van der Waals surface area contributed by atoms with E-state index >= 15 is 0 Å². The fraction of sp³-hybridized carbons (Fsp3) is 0.304.